The summed E-state index contributed by atoms with van der Waals surface area (Å²) in [6.07, 6.45) is 0. The molecular formula is C138H94N8Si. The van der Waals surface area contributed by atoms with E-state index in [2.05, 4.69) is 118 Å². The summed E-state index contributed by atoms with van der Waals surface area (Å²) in [5.74, 6) is 0. The number of aromatic nitrogens is 8. The van der Waals surface area contributed by atoms with Crippen LogP contribution in [0.15, 0.2) is 569 Å². The highest BCUT2D eigenvalue weighted by molar-refractivity contribution is 7.20. The first-order valence-corrected chi connectivity index (χ1v) is 49.5. The van der Waals surface area contributed by atoms with Crippen molar-refractivity contribution in [1.82, 2.24) is 36.5 Å². The van der Waals surface area contributed by atoms with E-state index >= 15 is 0 Å². The molecule has 0 fully saturated rings. The lowest BCUT2D eigenvalue weighted by molar-refractivity contribution is 1.13. The Hall–Kier alpha value is -19.3. The van der Waals surface area contributed by atoms with Gasteiger partial charge in [-0.05, 0) is 190 Å². The van der Waals surface area contributed by atoms with Gasteiger partial charge in [-0.3, -0.25) is 0 Å². The molecule has 147 heavy (non-hydrogen) atoms. The summed E-state index contributed by atoms with van der Waals surface area (Å²) in [6.45, 7) is 0. The van der Waals surface area contributed by atoms with Crippen LogP contribution in [0.2, 0.25) is 0 Å². The van der Waals surface area contributed by atoms with Gasteiger partial charge in [-0.1, -0.05) is 400 Å². The molecule has 9 heteroatoms. The van der Waals surface area contributed by atoms with Gasteiger partial charge in [0.2, 0.25) is 0 Å². The number of rotatable bonds is 12. The van der Waals surface area contributed by atoms with E-state index in [1.165, 1.54) is 20.7 Å². The van der Waals surface area contributed by atoms with Gasteiger partial charge in [0.25, 0.3) is 0 Å². The maximum Gasteiger partial charge on any atom is 0.179 e. The summed E-state index contributed by atoms with van der Waals surface area (Å²) < 4.78 is 325. The zero-order valence-corrected chi connectivity index (χ0v) is 78.6. The number of fused-ring (bicyclic) bond motifs is 24. The van der Waals surface area contributed by atoms with E-state index in [-0.39, 0.29) is 83.9 Å². The number of hydrogen-bond acceptors (Lipinski definition) is 0. The second-order valence-corrected chi connectivity index (χ2v) is 39.2. The first-order valence-electron chi connectivity index (χ1n) is 65.5. The summed E-state index contributed by atoms with van der Waals surface area (Å²) in [5, 5.41) is 14.0. The monoisotopic (exact) mass is 1930 g/mol. The summed E-state index contributed by atoms with van der Waals surface area (Å²) in [7, 11) is -3.04. The third-order valence-electron chi connectivity index (χ3n) is 27.7. The third-order valence-corrected chi connectivity index (χ3v) is 32.4. The fourth-order valence-corrected chi connectivity index (χ4v) is 26.4. The lowest BCUT2D eigenvalue weighted by atomic mass is 10.2. The Balaban J connectivity index is 0.000000112. The van der Waals surface area contributed by atoms with Gasteiger partial charge in [0, 0.05) is 132 Å². The molecule has 0 bridgehead atoms. The normalized spacial score (nSPS) is 15.2. The number of nitrogens with zero attached hydrogens (tertiary/aromatic N) is 8. The van der Waals surface area contributed by atoms with Crippen LogP contribution in [-0.2, 0) is 0 Å². The molecule has 31 aromatic rings. The topological polar surface area (TPSA) is 39.4 Å². The molecule has 0 unspecified atom stereocenters. The van der Waals surface area contributed by atoms with E-state index < -0.39 is 184 Å². The molecule has 8 heterocycles. The maximum atomic E-state index is 9.53. The molecule has 8 nitrogen and oxygen atoms in total. The molecule has 0 saturated heterocycles. The number of benzene rings is 23. The molecule has 0 saturated carbocycles. The minimum Gasteiger partial charge on any atom is -0.309 e. The van der Waals surface area contributed by atoms with Gasteiger partial charge in [-0.15, -0.1) is 0 Å². The second kappa shape index (κ2) is 35.7. The molecule has 690 valence electrons. The van der Waals surface area contributed by atoms with Crippen molar-refractivity contribution in [2.24, 2.45) is 0 Å². The summed E-state index contributed by atoms with van der Waals surface area (Å²) in [5.41, 5.74) is 9.20. The molecule has 0 radical (unpaired) electrons. The lowest BCUT2D eigenvalue weighted by Gasteiger charge is -2.35. The van der Waals surface area contributed by atoms with Crippen molar-refractivity contribution in [1.29, 1.82) is 0 Å². The Morgan fingerprint density at radius 3 is 0.524 bits per heavy atom. The minimum absolute atomic E-state index is 0.0546. The van der Waals surface area contributed by atoms with E-state index in [1.807, 2.05) is 179 Å². The van der Waals surface area contributed by atoms with Gasteiger partial charge in [0.05, 0.1) is 138 Å². The fraction of sp³-hybridized carbons (Fsp3) is 0. The standard InChI is InChI=1S/C48H34N2Si.3C30H20N2/c1-4-18-37(19-5-1)51(38-20-6-2-7-21-38,39-22-8-3-9-23-39)40-33-35(49-45-28-14-10-24-41(45)42-25-11-15-29-46(42)49)32-36(34-40)50-47-30-16-12-26-43(47)44-27-13-17-31-48(44)50;3*1-5-16-27-23(12-1)24-13-2-6-17-28(24)31(27)21-10-9-11-22(20-21)32-29-18-7-3-14-25(29)26-15-4-8-19-30(26)32/h1-34H;3*1-20H/i10D,11D,12D,13D;1D,2D,3D,4D,5D,6D,7D,8D,9D,10D,11D,12D,13D,14D,15D,16D,17D,18D,19D,20D;1D,2D,3D,4D,9D,10D,11D,20D;9D,10D,11D,20D. The predicted molar refractivity (Wildman–Crippen MR) is 624 cm³/mol. The van der Waals surface area contributed by atoms with Crippen LogP contribution < -0.4 is 20.7 Å². The van der Waals surface area contributed by atoms with Gasteiger partial charge >= 0.3 is 0 Å². The summed E-state index contributed by atoms with van der Waals surface area (Å²) in [4.78, 5) is 0. The van der Waals surface area contributed by atoms with Crippen molar-refractivity contribution >= 4 is 203 Å². The van der Waals surface area contributed by atoms with E-state index in [0.29, 0.717) is 79.2 Å². The summed E-state index contributed by atoms with van der Waals surface area (Å²) in [6, 6.07) is 100. The summed E-state index contributed by atoms with van der Waals surface area (Å²) >= 11 is 0. The van der Waals surface area contributed by atoms with Crippen LogP contribution in [0.25, 0.3) is 220 Å². The Morgan fingerprint density at radius 1 is 0.122 bits per heavy atom. The molecule has 0 amide bonds. The highest BCUT2D eigenvalue weighted by atomic mass is 28.3. The Morgan fingerprint density at radius 2 is 0.299 bits per heavy atom. The maximum absolute atomic E-state index is 9.53. The second-order valence-electron chi connectivity index (χ2n) is 35.4. The molecule has 0 aliphatic carbocycles. The number of para-hydroxylation sites is 16. The fourth-order valence-electron chi connectivity index (χ4n) is 21.6. The van der Waals surface area contributed by atoms with Gasteiger partial charge in [-0.2, -0.15) is 0 Å². The van der Waals surface area contributed by atoms with E-state index in [1.54, 1.807) is 81.9 Å². The molecule has 0 spiro atoms. The predicted octanol–water partition coefficient (Wildman–Crippen LogP) is 32.9. The van der Waals surface area contributed by atoms with Crippen LogP contribution >= 0.6 is 0 Å². The first kappa shape index (κ1) is 56.4. The zero-order chi connectivity index (χ0) is 128. The van der Waals surface area contributed by atoms with Crippen molar-refractivity contribution < 1.29 is 49.3 Å². The van der Waals surface area contributed by atoms with Gasteiger partial charge in [-0.25, -0.2) is 0 Å². The zero-order valence-electron chi connectivity index (χ0n) is 114. The van der Waals surface area contributed by atoms with Crippen molar-refractivity contribution in [3.8, 4) is 45.5 Å². The van der Waals surface area contributed by atoms with Crippen LogP contribution in [0.4, 0.5) is 0 Å². The van der Waals surface area contributed by atoms with E-state index in [4.69, 9.17) is 45.2 Å². The van der Waals surface area contributed by atoms with Crippen molar-refractivity contribution in [3.63, 3.8) is 0 Å². The molecular weight excluding hydrogens is 1800 g/mol. The first-order chi connectivity index (χ1) is 87.8. The number of hydrogen-bond donors (Lipinski definition) is 0. The molecule has 31 rings (SSSR count). The molecule has 8 aromatic heterocycles. The van der Waals surface area contributed by atoms with Crippen LogP contribution in [0, 0.1) is 0 Å². The largest absolute Gasteiger partial charge is 0.309 e. The highest BCUT2D eigenvalue weighted by Gasteiger charge is 2.42. The average molecular weight is 1930 g/mol. The SMILES string of the molecule is [2H]c1c([2H])c(-n2c3c([2H])c([2H])c([2H])c([2H])c3c3c([2H])c([2H])c([2H])c([2H])c32)c([2H])c(-n2c3c([2H])c([2H])c([2H])c([2H])c3c3c([2H])c([2H])c([2H])c([2H])c32)c1[2H].[2H]c1c([2H])c(-n2c3ccccc3c3ccccc32)c([2H])c(-n2c3ccccc3c3ccccc32)c1[2H].[2H]c1ccc2c(c1)c1cc([2H])ccc1n2-c1c([2H])c([2H])c([2H])c(-n2c3ccc([2H])cc3c3cc([2H])ccc32)c1[2H].[2H]c1ccc2c(c1)c1cc([2H])ccc1n2-c1cc(-n2c3ccc([2H])cc3c3cc([2H])ccc32)cc([Si](c2ccccc2)(c2ccccc2)c2ccccc2)c1. The molecule has 0 aliphatic rings. The van der Waals surface area contributed by atoms with Crippen LogP contribution in [-0.4, -0.2) is 44.6 Å². The lowest BCUT2D eigenvalue weighted by Crippen LogP contribution is -2.74. The molecule has 0 N–H and O–H groups in total. The smallest absolute Gasteiger partial charge is 0.179 e. The molecule has 23 aromatic carbocycles. The van der Waals surface area contributed by atoms with Crippen LogP contribution in [0.1, 0.15) is 49.3 Å². The van der Waals surface area contributed by atoms with Crippen molar-refractivity contribution in [2.75, 3.05) is 0 Å². The van der Waals surface area contributed by atoms with Gasteiger partial charge in [0.1, 0.15) is 0 Å². The minimum atomic E-state index is -3.04. The Labute approximate surface area is 899 Å². The highest BCUT2D eigenvalue weighted by Crippen LogP contribution is 2.43. The van der Waals surface area contributed by atoms with Gasteiger partial charge in [0.15, 0.2) is 8.07 Å². The van der Waals surface area contributed by atoms with Crippen LogP contribution in [0.5, 0.6) is 0 Å². The average Bonchev–Trinajstić information content (AvgIpc) is 1.52. The molecule has 0 atom stereocenters. The van der Waals surface area contributed by atoms with Gasteiger partial charge < -0.3 is 36.5 Å². The van der Waals surface area contributed by atoms with Crippen LogP contribution in [0.3, 0.4) is 0 Å². The third kappa shape index (κ3) is 14.0. The van der Waals surface area contributed by atoms with E-state index in [9.17, 15) is 4.11 Å². The Bertz CT molecular complexity index is 11700. The van der Waals surface area contributed by atoms with E-state index in [0.717, 1.165) is 108 Å². The van der Waals surface area contributed by atoms with Crippen molar-refractivity contribution in [3.05, 3.63) is 569 Å². The quantitative estimate of drug-likeness (QED) is 0.0864. The molecule has 0 aliphatic heterocycles. The Kier molecular flexibility index (Phi) is 13.7. The van der Waals surface area contributed by atoms with Crippen molar-refractivity contribution in [2.45, 2.75) is 0 Å².